The Morgan fingerprint density at radius 2 is 2.42 bits per heavy atom. The van der Waals surface area contributed by atoms with Gasteiger partial charge in [-0.05, 0) is 5.92 Å². The van der Waals surface area contributed by atoms with Gasteiger partial charge in [-0.3, -0.25) is 4.79 Å². The van der Waals surface area contributed by atoms with Gasteiger partial charge in [0.05, 0.1) is 19.3 Å². The molecule has 0 aliphatic carbocycles. The number of hydrogen-bond acceptors (Lipinski definition) is 3. The van der Waals surface area contributed by atoms with Crippen LogP contribution < -0.4 is 5.32 Å². The van der Waals surface area contributed by atoms with E-state index in [1.54, 1.807) is 0 Å². The highest BCUT2D eigenvalue weighted by molar-refractivity contribution is 5.84. The zero-order valence-electron chi connectivity index (χ0n) is 7.80. The molecule has 1 unspecified atom stereocenters. The summed E-state index contributed by atoms with van der Waals surface area (Å²) < 4.78 is 5.20. The number of ether oxygens (including phenoxy) is 1. The van der Waals surface area contributed by atoms with Gasteiger partial charge in [0, 0.05) is 13.0 Å². The van der Waals surface area contributed by atoms with Gasteiger partial charge in [-0.1, -0.05) is 13.8 Å². The van der Waals surface area contributed by atoms with Crippen molar-refractivity contribution in [3.8, 4) is 0 Å². The topological polar surface area (TPSA) is 38.3 Å². The van der Waals surface area contributed by atoms with Crippen LogP contribution in [0.1, 0.15) is 20.3 Å². The van der Waals surface area contributed by atoms with Crippen LogP contribution in [-0.2, 0) is 9.53 Å². The summed E-state index contributed by atoms with van der Waals surface area (Å²) in [4.78, 5) is 11.5. The number of carbonyl (C=O) groups is 1. The van der Waals surface area contributed by atoms with E-state index in [9.17, 15) is 4.79 Å². The minimum absolute atomic E-state index is 0.0545. The lowest BCUT2D eigenvalue weighted by molar-refractivity contribution is -0.124. The highest BCUT2D eigenvalue weighted by Crippen LogP contribution is 2.05. The quantitative estimate of drug-likeness (QED) is 0.675. The molecule has 0 aromatic rings. The molecule has 3 nitrogen and oxygen atoms in total. The fraction of sp³-hybridized carbons (Fsp3) is 0.889. The van der Waals surface area contributed by atoms with E-state index < -0.39 is 0 Å². The molecule has 12 heavy (non-hydrogen) atoms. The van der Waals surface area contributed by atoms with E-state index in [1.165, 1.54) is 0 Å². The molecule has 1 fully saturated rings. The minimum atomic E-state index is -0.0545. The Bertz CT molecular complexity index is 151. The molecule has 3 heteroatoms. The first-order valence-electron chi connectivity index (χ1n) is 4.54. The van der Waals surface area contributed by atoms with Crippen LogP contribution in [0.4, 0.5) is 0 Å². The van der Waals surface area contributed by atoms with Crippen LogP contribution in [0.3, 0.4) is 0 Å². The summed E-state index contributed by atoms with van der Waals surface area (Å²) in [6.07, 6.45) is 0.654. The molecule has 0 saturated carbocycles. The highest BCUT2D eigenvalue weighted by atomic mass is 16.5. The highest BCUT2D eigenvalue weighted by Gasteiger charge is 2.21. The molecule has 0 aromatic heterocycles. The van der Waals surface area contributed by atoms with Gasteiger partial charge in [0.1, 0.15) is 0 Å². The fourth-order valence-corrected chi connectivity index (χ4v) is 1.32. The van der Waals surface area contributed by atoms with Crippen LogP contribution in [0.25, 0.3) is 0 Å². The zero-order chi connectivity index (χ0) is 8.97. The predicted octanol–water partition coefficient (Wildman–Crippen LogP) is 0.590. The van der Waals surface area contributed by atoms with Gasteiger partial charge in [-0.15, -0.1) is 0 Å². The molecule has 1 saturated heterocycles. The molecule has 1 rings (SSSR count). The van der Waals surface area contributed by atoms with Crippen LogP contribution >= 0.6 is 0 Å². The average Bonchev–Trinajstić information content (AvgIpc) is 2.05. The van der Waals surface area contributed by atoms with E-state index in [1.807, 2.05) is 0 Å². The molecular weight excluding hydrogens is 154 g/mol. The summed E-state index contributed by atoms with van der Waals surface area (Å²) in [5.74, 6) is 0.728. The second-order valence-electron chi connectivity index (χ2n) is 3.65. The molecule has 0 radical (unpaired) electrons. The number of carbonyl (C=O) groups excluding carboxylic acids is 1. The summed E-state index contributed by atoms with van der Waals surface area (Å²) in [6, 6.07) is -0.0545. The fourth-order valence-electron chi connectivity index (χ4n) is 1.32. The van der Waals surface area contributed by atoms with Crippen molar-refractivity contribution in [1.29, 1.82) is 0 Å². The first-order chi connectivity index (χ1) is 5.70. The van der Waals surface area contributed by atoms with Crippen molar-refractivity contribution in [3.05, 3.63) is 0 Å². The number of hydrogen-bond donors (Lipinski definition) is 1. The monoisotopic (exact) mass is 171 g/mol. The lowest BCUT2D eigenvalue weighted by atomic mass is 10.0. The Morgan fingerprint density at radius 1 is 1.67 bits per heavy atom. The van der Waals surface area contributed by atoms with Crippen molar-refractivity contribution < 1.29 is 9.53 Å². The van der Waals surface area contributed by atoms with Crippen LogP contribution in [0.2, 0.25) is 0 Å². The van der Waals surface area contributed by atoms with Crippen LogP contribution in [0.15, 0.2) is 0 Å². The maximum absolute atomic E-state index is 11.5. The number of ketones is 1. The molecule has 1 aliphatic heterocycles. The maximum Gasteiger partial charge on any atom is 0.152 e. The minimum Gasteiger partial charge on any atom is -0.378 e. The molecule has 0 amide bonds. The Hall–Kier alpha value is -0.410. The van der Waals surface area contributed by atoms with Gasteiger partial charge >= 0.3 is 0 Å². The van der Waals surface area contributed by atoms with E-state index in [-0.39, 0.29) is 11.8 Å². The lowest BCUT2D eigenvalue weighted by Crippen LogP contribution is -2.46. The van der Waals surface area contributed by atoms with Crippen LogP contribution in [0, 0.1) is 5.92 Å². The Labute approximate surface area is 73.5 Å². The summed E-state index contributed by atoms with van der Waals surface area (Å²) >= 11 is 0. The van der Waals surface area contributed by atoms with Crippen LogP contribution in [0.5, 0.6) is 0 Å². The summed E-state index contributed by atoms with van der Waals surface area (Å²) in [7, 11) is 0. The lowest BCUT2D eigenvalue weighted by Gasteiger charge is -2.23. The number of nitrogens with one attached hydrogen (secondary N) is 1. The van der Waals surface area contributed by atoms with Gasteiger partial charge in [0.15, 0.2) is 5.78 Å². The molecule has 1 N–H and O–H groups in total. The van der Waals surface area contributed by atoms with Crippen LogP contribution in [-0.4, -0.2) is 31.6 Å². The van der Waals surface area contributed by atoms with Gasteiger partial charge < -0.3 is 10.1 Å². The molecule has 1 atom stereocenters. The van der Waals surface area contributed by atoms with Gasteiger partial charge in [0.25, 0.3) is 0 Å². The second kappa shape index (κ2) is 4.58. The summed E-state index contributed by atoms with van der Waals surface area (Å²) in [6.45, 7) is 6.19. The average molecular weight is 171 g/mol. The molecule has 0 spiro atoms. The van der Waals surface area contributed by atoms with E-state index in [0.29, 0.717) is 18.9 Å². The summed E-state index contributed by atoms with van der Waals surface area (Å²) in [5, 5.41) is 3.15. The van der Waals surface area contributed by atoms with Crippen molar-refractivity contribution in [2.75, 3.05) is 19.8 Å². The standard InChI is InChI=1S/C9H17NO2/c1-7(2)5-9(11)8-6-12-4-3-10-8/h7-8,10H,3-6H2,1-2H3. The molecule has 0 bridgehead atoms. The van der Waals surface area contributed by atoms with E-state index in [4.69, 9.17) is 4.74 Å². The number of morpholine rings is 1. The third-order valence-corrected chi connectivity index (χ3v) is 1.92. The van der Waals surface area contributed by atoms with Gasteiger partial charge in [-0.25, -0.2) is 0 Å². The smallest absolute Gasteiger partial charge is 0.152 e. The van der Waals surface area contributed by atoms with Crippen molar-refractivity contribution in [3.63, 3.8) is 0 Å². The first-order valence-corrected chi connectivity index (χ1v) is 4.54. The first kappa shape index (κ1) is 9.68. The van der Waals surface area contributed by atoms with E-state index in [2.05, 4.69) is 19.2 Å². The Kier molecular flexibility index (Phi) is 3.69. The van der Waals surface area contributed by atoms with Gasteiger partial charge in [0.2, 0.25) is 0 Å². The third-order valence-electron chi connectivity index (χ3n) is 1.92. The van der Waals surface area contributed by atoms with E-state index in [0.717, 1.165) is 13.2 Å². The number of Topliss-reactive ketones (excluding diaryl/α,β-unsaturated/α-hetero) is 1. The van der Waals surface area contributed by atoms with E-state index >= 15 is 0 Å². The third kappa shape index (κ3) is 2.91. The molecule has 0 aromatic carbocycles. The Balaban J connectivity index is 2.30. The SMILES string of the molecule is CC(C)CC(=O)C1COCCN1. The molecule has 1 heterocycles. The van der Waals surface area contributed by atoms with Crippen molar-refractivity contribution in [2.24, 2.45) is 5.92 Å². The zero-order valence-corrected chi connectivity index (χ0v) is 7.80. The van der Waals surface area contributed by atoms with Crippen molar-refractivity contribution >= 4 is 5.78 Å². The predicted molar refractivity (Wildman–Crippen MR) is 47.1 cm³/mol. The second-order valence-corrected chi connectivity index (χ2v) is 3.65. The maximum atomic E-state index is 11.5. The largest absolute Gasteiger partial charge is 0.378 e. The van der Waals surface area contributed by atoms with Crippen molar-refractivity contribution in [1.82, 2.24) is 5.32 Å². The van der Waals surface area contributed by atoms with Crippen molar-refractivity contribution in [2.45, 2.75) is 26.3 Å². The van der Waals surface area contributed by atoms with Gasteiger partial charge in [-0.2, -0.15) is 0 Å². The normalized spacial score (nSPS) is 24.4. The number of rotatable bonds is 3. The summed E-state index contributed by atoms with van der Waals surface area (Å²) in [5.41, 5.74) is 0. The molecule has 1 aliphatic rings. The Morgan fingerprint density at radius 3 is 2.92 bits per heavy atom. The molecular formula is C9H17NO2. The molecule has 70 valence electrons.